The Morgan fingerprint density at radius 1 is 1.28 bits per heavy atom. The van der Waals surface area contributed by atoms with E-state index in [0.717, 1.165) is 0 Å². The van der Waals surface area contributed by atoms with Crippen molar-refractivity contribution in [3.63, 3.8) is 0 Å². The highest BCUT2D eigenvalue weighted by molar-refractivity contribution is 5.85. The van der Waals surface area contributed by atoms with E-state index in [1.165, 1.54) is 0 Å². The highest BCUT2D eigenvalue weighted by Gasteiger charge is 2.35. The van der Waals surface area contributed by atoms with Crippen LogP contribution < -0.4 is 0 Å². The molecule has 0 aromatic carbocycles. The highest BCUT2D eigenvalue weighted by Crippen LogP contribution is 2.27. The molecule has 0 fully saturated rings. The van der Waals surface area contributed by atoms with Gasteiger partial charge in [0.05, 0.1) is 11.8 Å². The molecule has 0 unspecified atom stereocenters. The summed E-state index contributed by atoms with van der Waals surface area (Å²) in [4.78, 5) is 25.1. The summed E-state index contributed by atoms with van der Waals surface area (Å²) in [6.45, 7) is 2.93. The van der Waals surface area contributed by atoms with Gasteiger partial charge in [0, 0.05) is 19.7 Å². The lowest BCUT2D eigenvalue weighted by molar-refractivity contribution is -0.150. The smallest absolute Gasteiger partial charge is 0.307 e. The van der Waals surface area contributed by atoms with E-state index in [9.17, 15) is 9.59 Å². The van der Waals surface area contributed by atoms with Crippen molar-refractivity contribution in [1.29, 1.82) is 0 Å². The van der Waals surface area contributed by atoms with Crippen LogP contribution in [0.1, 0.15) is 26.2 Å². The zero-order valence-electron chi connectivity index (χ0n) is 10.7. The van der Waals surface area contributed by atoms with Crippen molar-refractivity contribution in [1.82, 2.24) is 4.90 Å². The molecule has 0 radical (unpaired) electrons. The molecular weight excluding hydrogens is 234 g/mol. The molecule has 2 N–H and O–H groups in total. The normalized spacial score (nSPS) is 22.8. The van der Waals surface area contributed by atoms with Crippen LogP contribution >= 0.6 is 0 Å². The van der Waals surface area contributed by atoms with Gasteiger partial charge in [-0.25, -0.2) is 0 Å². The number of allylic oxidation sites excluding steroid dienone is 2. The molecular formula is C13H21NO4. The van der Waals surface area contributed by atoms with Crippen molar-refractivity contribution >= 4 is 11.9 Å². The van der Waals surface area contributed by atoms with Gasteiger partial charge in [-0.2, -0.15) is 0 Å². The van der Waals surface area contributed by atoms with Crippen molar-refractivity contribution in [3.8, 4) is 0 Å². The fraction of sp³-hybridized carbons (Fsp3) is 0.692. The summed E-state index contributed by atoms with van der Waals surface area (Å²) < 4.78 is 0. The maximum absolute atomic E-state index is 12.3. The SMILES string of the molecule is CCN(CCCO)C(=O)[C@@H]1CC=CC[C@@H]1C(=O)O. The number of amides is 1. The molecule has 5 heteroatoms. The number of rotatable bonds is 6. The minimum Gasteiger partial charge on any atom is -0.481 e. The Kier molecular flexibility index (Phi) is 5.85. The predicted octanol–water partition coefficient (Wildman–Crippen LogP) is 0.884. The van der Waals surface area contributed by atoms with Gasteiger partial charge in [-0.05, 0) is 26.2 Å². The maximum atomic E-state index is 12.3. The number of carboxylic acids is 1. The van der Waals surface area contributed by atoms with E-state index >= 15 is 0 Å². The van der Waals surface area contributed by atoms with E-state index in [1.54, 1.807) is 4.90 Å². The van der Waals surface area contributed by atoms with E-state index in [-0.39, 0.29) is 12.5 Å². The van der Waals surface area contributed by atoms with Crippen LogP contribution in [-0.4, -0.2) is 46.7 Å². The molecule has 0 heterocycles. The average Bonchev–Trinajstić information content (AvgIpc) is 2.39. The number of nitrogens with zero attached hydrogens (tertiary/aromatic N) is 1. The Labute approximate surface area is 107 Å². The summed E-state index contributed by atoms with van der Waals surface area (Å²) in [5, 5.41) is 17.9. The van der Waals surface area contributed by atoms with Crippen molar-refractivity contribution in [2.45, 2.75) is 26.2 Å². The van der Waals surface area contributed by atoms with E-state index in [0.29, 0.717) is 32.4 Å². The second-order valence-electron chi connectivity index (χ2n) is 4.49. The number of aliphatic carboxylic acids is 1. The van der Waals surface area contributed by atoms with Crippen LogP contribution in [0.25, 0.3) is 0 Å². The molecule has 102 valence electrons. The molecule has 0 aromatic rings. The number of carbonyl (C=O) groups is 2. The average molecular weight is 255 g/mol. The van der Waals surface area contributed by atoms with E-state index in [4.69, 9.17) is 10.2 Å². The Bertz CT molecular complexity index is 327. The summed E-state index contributed by atoms with van der Waals surface area (Å²) in [5.41, 5.74) is 0. The summed E-state index contributed by atoms with van der Waals surface area (Å²) in [6, 6.07) is 0. The third kappa shape index (κ3) is 3.57. The molecule has 1 aliphatic rings. The molecule has 0 saturated carbocycles. The van der Waals surface area contributed by atoms with Gasteiger partial charge in [-0.1, -0.05) is 12.2 Å². The number of aliphatic hydroxyl groups excluding tert-OH is 1. The third-order valence-electron chi connectivity index (χ3n) is 3.35. The van der Waals surface area contributed by atoms with E-state index in [2.05, 4.69) is 0 Å². The lowest BCUT2D eigenvalue weighted by Crippen LogP contribution is -2.42. The number of hydrogen-bond donors (Lipinski definition) is 2. The molecule has 0 aromatic heterocycles. The Morgan fingerprint density at radius 2 is 1.89 bits per heavy atom. The minimum atomic E-state index is -0.907. The molecule has 1 aliphatic carbocycles. The number of hydrogen-bond acceptors (Lipinski definition) is 3. The Morgan fingerprint density at radius 3 is 2.39 bits per heavy atom. The third-order valence-corrected chi connectivity index (χ3v) is 3.35. The van der Waals surface area contributed by atoms with Gasteiger partial charge < -0.3 is 15.1 Å². The van der Waals surface area contributed by atoms with Gasteiger partial charge in [-0.15, -0.1) is 0 Å². The van der Waals surface area contributed by atoms with Crippen LogP contribution in [0.3, 0.4) is 0 Å². The zero-order chi connectivity index (χ0) is 13.5. The van der Waals surface area contributed by atoms with Crippen molar-refractivity contribution in [2.24, 2.45) is 11.8 Å². The second-order valence-corrected chi connectivity index (χ2v) is 4.49. The first-order chi connectivity index (χ1) is 8.61. The highest BCUT2D eigenvalue weighted by atomic mass is 16.4. The molecule has 18 heavy (non-hydrogen) atoms. The molecule has 0 spiro atoms. The lowest BCUT2D eigenvalue weighted by atomic mass is 9.82. The standard InChI is InChI=1S/C13H21NO4/c1-2-14(8-5-9-15)12(16)10-6-3-4-7-11(10)13(17)18/h3-4,10-11,15H,2,5-9H2,1H3,(H,17,18)/t10-,11+/m1/s1. The molecule has 0 aliphatic heterocycles. The Hall–Kier alpha value is -1.36. The van der Waals surface area contributed by atoms with Crippen LogP contribution in [0.4, 0.5) is 0 Å². The second kappa shape index (κ2) is 7.16. The van der Waals surface area contributed by atoms with Crippen LogP contribution in [0.5, 0.6) is 0 Å². The van der Waals surface area contributed by atoms with Gasteiger partial charge in [0.1, 0.15) is 0 Å². The minimum absolute atomic E-state index is 0.0384. The molecule has 1 rings (SSSR count). The van der Waals surface area contributed by atoms with E-state index < -0.39 is 17.8 Å². The largest absolute Gasteiger partial charge is 0.481 e. The molecule has 5 nitrogen and oxygen atoms in total. The molecule has 2 atom stereocenters. The molecule has 0 bridgehead atoms. The summed E-state index contributed by atoms with van der Waals surface area (Å²) in [6.07, 6.45) is 5.14. The fourth-order valence-electron chi connectivity index (χ4n) is 2.28. The summed E-state index contributed by atoms with van der Waals surface area (Å²) >= 11 is 0. The van der Waals surface area contributed by atoms with Crippen molar-refractivity contribution in [3.05, 3.63) is 12.2 Å². The number of carboxylic acid groups (broad SMARTS) is 1. The first-order valence-electron chi connectivity index (χ1n) is 6.39. The van der Waals surface area contributed by atoms with Crippen LogP contribution in [0, 0.1) is 11.8 Å². The number of carbonyl (C=O) groups excluding carboxylic acids is 1. The number of aliphatic hydroxyl groups is 1. The monoisotopic (exact) mass is 255 g/mol. The molecule has 1 amide bonds. The maximum Gasteiger partial charge on any atom is 0.307 e. The summed E-state index contributed by atoms with van der Waals surface area (Å²) in [7, 11) is 0. The summed E-state index contributed by atoms with van der Waals surface area (Å²) in [5.74, 6) is -2.10. The van der Waals surface area contributed by atoms with Crippen LogP contribution in [-0.2, 0) is 9.59 Å². The van der Waals surface area contributed by atoms with Gasteiger partial charge in [0.2, 0.25) is 5.91 Å². The van der Waals surface area contributed by atoms with Gasteiger partial charge in [0.15, 0.2) is 0 Å². The lowest BCUT2D eigenvalue weighted by Gasteiger charge is -2.30. The topological polar surface area (TPSA) is 77.8 Å². The zero-order valence-corrected chi connectivity index (χ0v) is 10.7. The van der Waals surface area contributed by atoms with Gasteiger partial charge in [-0.3, -0.25) is 9.59 Å². The van der Waals surface area contributed by atoms with E-state index in [1.807, 2.05) is 19.1 Å². The first-order valence-corrected chi connectivity index (χ1v) is 6.39. The van der Waals surface area contributed by atoms with Crippen molar-refractivity contribution < 1.29 is 19.8 Å². The van der Waals surface area contributed by atoms with Crippen molar-refractivity contribution in [2.75, 3.05) is 19.7 Å². The van der Waals surface area contributed by atoms with Gasteiger partial charge >= 0.3 is 5.97 Å². The molecule has 0 saturated heterocycles. The van der Waals surface area contributed by atoms with Crippen LogP contribution in [0.2, 0.25) is 0 Å². The Balaban J connectivity index is 2.72. The quantitative estimate of drug-likeness (QED) is 0.691. The van der Waals surface area contributed by atoms with Crippen LogP contribution in [0.15, 0.2) is 12.2 Å². The predicted molar refractivity (Wildman–Crippen MR) is 66.9 cm³/mol. The van der Waals surface area contributed by atoms with Gasteiger partial charge in [0.25, 0.3) is 0 Å². The fourth-order valence-corrected chi connectivity index (χ4v) is 2.28. The first kappa shape index (κ1) is 14.7.